The molecular formula is C17H24F2N2O3. The van der Waals surface area contributed by atoms with Gasteiger partial charge in [0, 0.05) is 36.6 Å². The summed E-state index contributed by atoms with van der Waals surface area (Å²) in [6, 6.07) is 1.31. The van der Waals surface area contributed by atoms with Gasteiger partial charge in [-0.15, -0.1) is 0 Å². The van der Waals surface area contributed by atoms with Crippen LogP contribution in [0.1, 0.15) is 52.1 Å². The maximum Gasteiger partial charge on any atom is 0.407 e. The molecule has 3 N–H and O–H groups in total. The number of amides is 1. The third-order valence-corrected chi connectivity index (χ3v) is 3.63. The Hall–Kier alpha value is -1.89. The average Bonchev–Trinajstić information content (AvgIpc) is 2.35. The van der Waals surface area contributed by atoms with Gasteiger partial charge in [0.05, 0.1) is 0 Å². The molecule has 7 heteroatoms. The number of ether oxygens (including phenoxy) is 2. The van der Waals surface area contributed by atoms with E-state index in [-0.39, 0.29) is 23.5 Å². The lowest BCUT2D eigenvalue weighted by Crippen LogP contribution is -2.50. The van der Waals surface area contributed by atoms with Gasteiger partial charge in [0.1, 0.15) is 17.5 Å². The fraction of sp³-hybridized carbons (Fsp3) is 0.588. The molecule has 2 rings (SSSR count). The van der Waals surface area contributed by atoms with Crippen molar-refractivity contribution in [1.82, 2.24) is 5.32 Å². The number of benzene rings is 1. The maximum absolute atomic E-state index is 14.0. The van der Waals surface area contributed by atoms with Crippen LogP contribution in [0.5, 0.6) is 5.75 Å². The van der Waals surface area contributed by atoms with Crippen molar-refractivity contribution in [3.05, 3.63) is 29.3 Å². The highest BCUT2D eigenvalue weighted by Gasteiger charge is 2.34. The first kappa shape index (κ1) is 18.4. The molecule has 134 valence electrons. The molecule has 0 spiro atoms. The second-order valence-electron chi connectivity index (χ2n) is 7.15. The van der Waals surface area contributed by atoms with Crippen LogP contribution in [0.15, 0.2) is 12.1 Å². The zero-order valence-corrected chi connectivity index (χ0v) is 14.4. The van der Waals surface area contributed by atoms with E-state index in [1.165, 1.54) is 6.07 Å². The molecule has 24 heavy (non-hydrogen) atoms. The van der Waals surface area contributed by atoms with E-state index >= 15 is 0 Å². The van der Waals surface area contributed by atoms with Crippen LogP contribution in [0.25, 0.3) is 0 Å². The summed E-state index contributed by atoms with van der Waals surface area (Å²) in [6.45, 7) is 6.99. The van der Waals surface area contributed by atoms with E-state index in [4.69, 9.17) is 15.2 Å². The van der Waals surface area contributed by atoms with Gasteiger partial charge in [0.2, 0.25) is 0 Å². The summed E-state index contributed by atoms with van der Waals surface area (Å²) in [5.74, 6) is -1.48. The lowest BCUT2D eigenvalue weighted by molar-refractivity contribution is 0.0352. The summed E-state index contributed by atoms with van der Waals surface area (Å²) in [7, 11) is 0. The highest BCUT2D eigenvalue weighted by atomic mass is 19.1. The lowest BCUT2D eigenvalue weighted by Gasteiger charge is -2.36. The molecule has 1 aliphatic rings. The Morgan fingerprint density at radius 1 is 1.33 bits per heavy atom. The predicted molar refractivity (Wildman–Crippen MR) is 85.8 cm³/mol. The van der Waals surface area contributed by atoms with Crippen molar-refractivity contribution in [3.8, 4) is 5.75 Å². The lowest BCUT2D eigenvalue weighted by atomic mass is 9.89. The second kappa shape index (κ2) is 6.93. The largest absolute Gasteiger partial charge is 0.487 e. The smallest absolute Gasteiger partial charge is 0.407 e. The summed E-state index contributed by atoms with van der Waals surface area (Å²) in [6.07, 6.45) is 0.292. The van der Waals surface area contributed by atoms with Crippen molar-refractivity contribution in [2.24, 2.45) is 5.73 Å². The number of carbonyl (C=O) groups excluding carboxylic acids is 1. The van der Waals surface area contributed by atoms with Gasteiger partial charge in [-0.3, -0.25) is 0 Å². The molecule has 0 radical (unpaired) electrons. The van der Waals surface area contributed by atoms with Crippen LogP contribution in [-0.2, 0) is 4.74 Å². The summed E-state index contributed by atoms with van der Waals surface area (Å²) in [5, 5.41) is 2.73. The van der Waals surface area contributed by atoms with Crippen LogP contribution in [0.4, 0.5) is 13.6 Å². The highest BCUT2D eigenvalue weighted by molar-refractivity contribution is 5.68. The Labute approximate surface area is 140 Å². The van der Waals surface area contributed by atoms with Crippen LogP contribution < -0.4 is 15.8 Å². The van der Waals surface area contributed by atoms with Crippen molar-refractivity contribution in [2.75, 3.05) is 0 Å². The van der Waals surface area contributed by atoms with E-state index in [0.29, 0.717) is 12.8 Å². The molecule has 0 unspecified atom stereocenters. The number of hydrogen-bond donors (Lipinski definition) is 2. The molecule has 1 fully saturated rings. The van der Waals surface area contributed by atoms with Crippen molar-refractivity contribution < 1.29 is 23.0 Å². The quantitative estimate of drug-likeness (QED) is 0.879. The molecule has 0 aliphatic heterocycles. The van der Waals surface area contributed by atoms with Gasteiger partial charge >= 0.3 is 6.09 Å². The third kappa shape index (κ3) is 4.80. The SMILES string of the molecule is C[C@@H](N)c1cc(F)cc(F)c1OC1CC(NC(=O)OC(C)(C)C)C1. The minimum absolute atomic E-state index is 0.0212. The fourth-order valence-corrected chi connectivity index (χ4v) is 2.46. The Morgan fingerprint density at radius 3 is 2.50 bits per heavy atom. The first-order chi connectivity index (χ1) is 11.0. The molecule has 1 saturated carbocycles. The maximum atomic E-state index is 14.0. The number of hydrogen-bond acceptors (Lipinski definition) is 4. The minimum Gasteiger partial charge on any atom is -0.487 e. The summed E-state index contributed by atoms with van der Waals surface area (Å²) < 4.78 is 38.1. The van der Waals surface area contributed by atoms with Crippen molar-refractivity contribution >= 4 is 6.09 Å². The average molecular weight is 342 g/mol. The first-order valence-corrected chi connectivity index (χ1v) is 7.96. The van der Waals surface area contributed by atoms with E-state index in [2.05, 4.69) is 5.32 Å². The molecule has 0 saturated heterocycles. The number of alkyl carbamates (subject to hydrolysis) is 1. The molecule has 0 bridgehead atoms. The van der Waals surface area contributed by atoms with Crippen LogP contribution in [0.2, 0.25) is 0 Å². The summed E-state index contributed by atoms with van der Waals surface area (Å²) in [4.78, 5) is 11.7. The van der Waals surface area contributed by atoms with E-state index in [9.17, 15) is 13.6 Å². The van der Waals surface area contributed by atoms with Crippen LogP contribution in [-0.4, -0.2) is 23.8 Å². The topological polar surface area (TPSA) is 73.6 Å². The number of carbonyl (C=O) groups is 1. The first-order valence-electron chi connectivity index (χ1n) is 7.96. The molecule has 1 aliphatic carbocycles. The molecule has 0 aromatic heterocycles. The third-order valence-electron chi connectivity index (χ3n) is 3.63. The van der Waals surface area contributed by atoms with Gasteiger partial charge in [-0.05, 0) is 33.8 Å². The zero-order valence-electron chi connectivity index (χ0n) is 14.4. The number of nitrogens with two attached hydrogens (primary N) is 1. The van der Waals surface area contributed by atoms with E-state index in [1.54, 1.807) is 27.7 Å². The predicted octanol–water partition coefficient (Wildman–Crippen LogP) is 3.42. The summed E-state index contributed by atoms with van der Waals surface area (Å²) in [5.41, 5.74) is 5.48. The van der Waals surface area contributed by atoms with Crippen molar-refractivity contribution in [2.45, 2.75) is 64.3 Å². The molecule has 1 aromatic rings. The van der Waals surface area contributed by atoms with Gasteiger partial charge in [0.25, 0.3) is 0 Å². The molecule has 5 nitrogen and oxygen atoms in total. The van der Waals surface area contributed by atoms with Crippen LogP contribution in [0.3, 0.4) is 0 Å². The number of rotatable bonds is 4. The number of nitrogens with one attached hydrogen (secondary N) is 1. The molecule has 1 atom stereocenters. The van der Waals surface area contributed by atoms with Gasteiger partial charge in [0.15, 0.2) is 11.6 Å². The van der Waals surface area contributed by atoms with Crippen LogP contribution in [0, 0.1) is 11.6 Å². The minimum atomic E-state index is -0.772. The molecule has 1 aromatic carbocycles. The Bertz CT molecular complexity index is 609. The van der Waals surface area contributed by atoms with E-state index in [0.717, 1.165) is 6.07 Å². The van der Waals surface area contributed by atoms with Gasteiger partial charge in [-0.1, -0.05) is 0 Å². The van der Waals surface area contributed by atoms with E-state index in [1.807, 2.05) is 0 Å². The molecule has 1 amide bonds. The fourth-order valence-electron chi connectivity index (χ4n) is 2.46. The van der Waals surface area contributed by atoms with Gasteiger partial charge in [-0.2, -0.15) is 0 Å². The Balaban J connectivity index is 1.91. The Morgan fingerprint density at radius 2 is 1.96 bits per heavy atom. The van der Waals surface area contributed by atoms with Crippen LogP contribution >= 0.6 is 0 Å². The van der Waals surface area contributed by atoms with E-state index < -0.39 is 29.4 Å². The van der Waals surface area contributed by atoms with Gasteiger partial charge < -0.3 is 20.5 Å². The zero-order chi connectivity index (χ0) is 18.1. The monoisotopic (exact) mass is 342 g/mol. The molecular weight excluding hydrogens is 318 g/mol. The highest BCUT2D eigenvalue weighted by Crippen LogP contribution is 2.33. The Kier molecular flexibility index (Phi) is 5.32. The standard InChI is InChI=1S/C17H24F2N2O3/c1-9(20)13-5-10(18)6-14(19)15(13)23-12-7-11(8-12)21-16(22)24-17(2,3)4/h5-6,9,11-12H,7-8,20H2,1-4H3,(H,21,22)/t9-,11?,12?/m1/s1. The molecule has 0 heterocycles. The number of halogens is 2. The van der Waals surface area contributed by atoms with Crippen molar-refractivity contribution in [1.29, 1.82) is 0 Å². The summed E-state index contributed by atoms with van der Waals surface area (Å²) >= 11 is 0. The normalized spacial score (nSPS) is 21.6. The van der Waals surface area contributed by atoms with Gasteiger partial charge in [-0.25, -0.2) is 13.6 Å². The van der Waals surface area contributed by atoms with Crippen molar-refractivity contribution in [3.63, 3.8) is 0 Å². The second-order valence-corrected chi connectivity index (χ2v) is 7.15.